The van der Waals surface area contributed by atoms with Gasteiger partial charge in [-0.15, -0.1) is 0 Å². The predicted molar refractivity (Wildman–Crippen MR) is 149 cm³/mol. The zero-order chi connectivity index (χ0) is 27.6. The average Bonchev–Trinajstić information content (AvgIpc) is 2.85. The van der Waals surface area contributed by atoms with E-state index in [1.165, 1.54) is 12.1 Å². The molecule has 11 heteroatoms. The fraction of sp³-hybridized carbons (Fsp3) is 0.148. The zero-order valence-electron chi connectivity index (χ0n) is 20.1. The molecule has 4 rings (SSSR count). The number of ether oxygens (including phenoxy) is 2. The van der Waals surface area contributed by atoms with E-state index in [1.807, 2.05) is 0 Å². The smallest absolute Gasteiger partial charge is 0.335 e. The number of benzene rings is 3. The Hall–Kier alpha value is -3.23. The number of nitrogens with one attached hydrogen (secondary N) is 1. The van der Waals surface area contributed by atoms with Crippen LogP contribution < -0.4 is 19.7 Å². The van der Waals surface area contributed by atoms with Crippen LogP contribution in [0, 0.1) is 6.92 Å². The largest absolute Gasteiger partial charge is 0.490 e. The molecule has 1 heterocycles. The summed E-state index contributed by atoms with van der Waals surface area (Å²) in [6.07, 6.45) is 1.32. The summed E-state index contributed by atoms with van der Waals surface area (Å²) in [4.78, 5) is 39.4. The van der Waals surface area contributed by atoms with E-state index >= 15 is 0 Å². The van der Waals surface area contributed by atoms with Crippen LogP contribution in [0.3, 0.4) is 0 Å². The van der Waals surface area contributed by atoms with Gasteiger partial charge in [-0.25, -0.2) is 9.69 Å². The molecule has 0 unspecified atom stereocenters. The van der Waals surface area contributed by atoms with E-state index in [0.29, 0.717) is 44.1 Å². The highest BCUT2D eigenvalue weighted by molar-refractivity contribution is 6.40. The molecular weight excluding hydrogens is 574 g/mol. The monoisotopic (exact) mass is 592 g/mol. The summed E-state index contributed by atoms with van der Waals surface area (Å²) in [5.74, 6) is -1.11. The Balaban J connectivity index is 1.68. The fourth-order valence-electron chi connectivity index (χ4n) is 3.74. The highest BCUT2D eigenvalue weighted by atomic mass is 35.5. The number of halogens is 4. The second-order valence-corrected chi connectivity index (χ2v) is 9.79. The number of rotatable bonds is 7. The van der Waals surface area contributed by atoms with Gasteiger partial charge in [0, 0.05) is 20.6 Å². The second kappa shape index (κ2) is 11.7. The summed E-state index contributed by atoms with van der Waals surface area (Å²) in [6.45, 7) is 3.84. The van der Waals surface area contributed by atoms with Crippen LogP contribution in [0.15, 0.2) is 54.1 Å². The van der Waals surface area contributed by atoms with Crippen molar-refractivity contribution in [3.8, 4) is 11.5 Å². The number of imide groups is 2. The average molecular weight is 594 g/mol. The molecule has 3 aromatic carbocycles. The van der Waals surface area contributed by atoms with E-state index < -0.39 is 17.8 Å². The second-order valence-electron chi connectivity index (χ2n) is 8.13. The van der Waals surface area contributed by atoms with E-state index in [0.717, 1.165) is 4.90 Å². The Labute approximate surface area is 238 Å². The highest BCUT2D eigenvalue weighted by Crippen LogP contribution is 2.39. The van der Waals surface area contributed by atoms with Gasteiger partial charge in [0.1, 0.15) is 12.2 Å². The van der Waals surface area contributed by atoms with Crippen LogP contribution in [0.2, 0.25) is 20.1 Å². The fourth-order valence-corrected chi connectivity index (χ4v) is 4.65. The number of amides is 4. The van der Waals surface area contributed by atoms with Gasteiger partial charge in [-0.05, 0) is 67.4 Å². The molecule has 1 aliphatic heterocycles. The number of carbonyl (C=O) groups is 3. The molecule has 1 aliphatic rings. The van der Waals surface area contributed by atoms with Crippen LogP contribution in [0.25, 0.3) is 6.08 Å². The molecule has 3 aromatic rings. The minimum Gasteiger partial charge on any atom is -0.490 e. The maximum Gasteiger partial charge on any atom is 0.335 e. The quantitative estimate of drug-likeness (QED) is 0.230. The third-order valence-corrected chi connectivity index (χ3v) is 6.89. The Kier molecular flexibility index (Phi) is 8.53. The van der Waals surface area contributed by atoms with Crippen molar-refractivity contribution in [2.45, 2.75) is 20.5 Å². The number of hydrogen-bond acceptors (Lipinski definition) is 5. The Morgan fingerprint density at radius 2 is 1.68 bits per heavy atom. The van der Waals surface area contributed by atoms with Crippen LogP contribution >= 0.6 is 46.4 Å². The Bertz CT molecular complexity index is 1490. The first-order chi connectivity index (χ1) is 18.1. The number of carbonyl (C=O) groups excluding carboxylic acids is 3. The van der Waals surface area contributed by atoms with Gasteiger partial charge in [-0.1, -0.05) is 58.5 Å². The standard InChI is InChI=1S/C27H20Cl4N2O5/c1-3-37-23-11-15(10-21(31)24(23)38-13-16-7-8-17(28)12-20(16)30)9-18-25(34)32-27(36)33(26(18)35)22-6-4-5-19(29)14(22)2/h4-12H,3,13H2,1-2H3,(H,32,34,36)/b18-9+. The van der Waals surface area contributed by atoms with Crippen LogP contribution in [-0.2, 0) is 16.2 Å². The maximum absolute atomic E-state index is 13.3. The molecule has 4 amide bonds. The molecule has 1 N–H and O–H groups in total. The first-order valence-electron chi connectivity index (χ1n) is 11.3. The van der Waals surface area contributed by atoms with E-state index in [-0.39, 0.29) is 28.6 Å². The van der Waals surface area contributed by atoms with Gasteiger partial charge < -0.3 is 9.47 Å². The van der Waals surface area contributed by atoms with Crippen molar-refractivity contribution in [1.82, 2.24) is 5.32 Å². The molecule has 1 saturated heterocycles. The third-order valence-electron chi connectivity index (χ3n) is 5.61. The minimum atomic E-state index is -0.875. The van der Waals surface area contributed by atoms with Crippen LogP contribution in [-0.4, -0.2) is 24.5 Å². The summed E-state index contributed by atoms with van der Waals surface area (Å²) >= 11 is 24.9. The lowest BCUT2D eigenvalue weighted by Gasteiger charge is -2.27. The van der Waals surface area contributed by atoms with Crippen LogP contribution in [0.4, 0.5) is 10.5 Å². The van der Waals surface area contributed by atoms with Crippen molar-refractivity contribution in [3.63, 3.8) is 0 Å². The van der Waals surface area contributed by atoms with Crippen LogP contribution in [0.1, 0.15) is 23.6 Å². The lowest BCUT2D eigenvalue weighted by molar-refractivity contribution is -0.122. The molecule has 0 atom stereocenters. The molecule has 38 heavy (non-hydrogen) atoms. The maximum atomic E-state index is 13.3. The molecule has 196 valence electrons. The van der Waals surface area contributed by atoms with Crippen molar-refractivity contribution in [3.05, 3.63) is 90.9 Å². The molecule has 7 nitrogen and oxygen atoms in total. The number of barbiturate groups is 1. The first kappa shape index (κ1) is 27.8. The van der Waals surface area contributed by atoms with Gasteiger partial charge in [0.25, 0.3) is 11.8 Å². The van der Waals surface area contributed by atoms with Crippen LogP contribution in [0.5, 0.6) is 11.5 Å². The van der Waals surface area contributed by atoms with E-state index in [9.17, 15) is 14.4 Å². The molecular formula is C27H20Cl4N2O5. The van der Waals surface area contributed by atoms with Gasteiger partial charge in [0.2, 0.25) is 0 Å². The SMILES string of the molecule is CCOc1cc(/C=C2\C(=O)NC(=O)N(c3cccc(Cl)c3C)C2=O)cc(Cl)c1OCc1ccc(Cl)cc1Cl. The summed E-state index contributed by atoms with van der Waals surface area (Å²) in [6, 6.07) is 12.1. The van der Waals surface area contributed by atoms with E-state index in [2.05, 4.69) is 5.32 Å². The lowest BCUT2D eigenvalue weighted by atomic mass is 10.1. The number of nitrogens with zero attached hydrogens (tertiary/aromatic N) is 1. The van der Waals surface area contributed by atoms with Gasteiger partial charge in [-0.3, -0.25) is 14.9 Å². The molecule has 1 fully saturated rings. The third kappa shape index (κ3) is 5.76. The van der Waals surface area contributed by atoms with Gasteiger partial charge in [0.15, 0.2) is 11.5 Å². The minimum absolute atomic E-state index is 0.0905. The molecule has 0 aliphatic carbocycles. The predicted octanol–water partition coefficient (Wildman–Crippen LogP) is 7.25. The van der Waals surface area contributed by atoms with Crippen molar-refractivity contribution in [1.29, 1.82) is 0 Å². The zero-order valence-corrected chi connectivity index (χ0v) is 23.1. The summed E-state index contributed by atoms with van der Waals surface area (Å²) in [5, 5.41) is 3.67. The first-order valence-corrected chi connectivity index (χ1v) is 12.8. The molecule has 0 radical (unpaired) electrons. The Morgan fingerprint density at radius 3 is 2.39 bits per heavy atom. The van der Waals surface area contributed by atoms with Crippen molar-refractivity contribution >= 4 is 76.0 Å². The molecule has 0 spiro atoms. The van der Waals surface area contributed by atoms with Crippen molar-refractivity contribution < 1.29 is 23.9 Å². The molecule has 0 saturated carbocycles. The molecule has 0 aromatic heterocycles. The highest BCUT2D eigenvalue weighted by Gasteiger charge is 2.37. The van der Waals surface area contributed by atoms with E-state index in [1.54, 1.807) is 56.3 Å². The molecule has 0 bridgehead atoms. The van der Waals surface area contributed by atoms with Gasteiger partial charge in [-0.2, -0.15) is 0 Å². The summed E-state index contributed by atoms with van der Waals surface area (Å²) in [5.41, 5.74) is 1.56. The van der Waals surface area contributed by atoms with Gasteiger partial charge >= 0.3 is 6.03 Å². The summed E-state index contributed by atoms with van der Waals surface area (Å²) in [7, 11) is 0. The van der Waals surface area contributed by atoms with Crippen molar-refractivity contribution in [2.24, 2.45) is 0 Å². The number of hydrogen-bond donors (Lipinski definition) is 1. The Morgan fingerprint density at radius 1 is 0.921 bits per heavy atom. The number of anilines is 1. The summed E-state index contributed by atoms with van der Waals surface area (Å²) < 4.78 is 11.6. The van der Waals surface area contributed by atoms with Gasteiger partial charge in [0.05, 0.1) is 17.3 Å². The van der Waals surface area contributed by atoms with Crippen molar-refractivity contribution in [2.75, 3.05) is 11.5 Å². The topological polar surface area (TPSA) is 84.9 Å². The normalized spacial score (nSPS) is 14.6. The van der Waals surface area contributed by atoms with E-state index in [4.69, 9.17) is 55.9 Å². The number of urea groups is 1. The lowest BCUT2D eigenvalue weighted by Crippen LogP contribution is -2.54.